The molecule has 1 atom stereocenters. The molecular formula is C13H14N2O3. The fourth-order valence-electron chi connectivity index (χ4n) is 1.75. The van der Waals surface area contributed by atoms with E-state index in [2.05, 4.69) is 5.10 Å². The predicted octanol–water partition coefficient (Wildman–Crippen LogP) is 1.25. The minimum absolute atomic E-state index is 0.235. The number of carboxylic acid groups (broad SMARTS) is 1. The Hall–Kier alpha value is -2.14. The second-order valence-electron chi connectivity index (χ2n) is 4.07. The normalized spacial score (nSPS) is 12.3. The number of nitrogens with zero attached hydrogens (tertiary/aromatic N) is 2. The lowest BCUT2D eigenvalue weighted by molar-refractivity contribution is -0.139. The number of benzene rings is 1. The number of carbonyl (C=O) groups is 1. The monoisotopic (exact) mass is 246 g/mol. The first-order valence-corrected chi connectivity index (χ1v) is 5.64. The molecule has 1 aromatic heterocycles. The van der Waals surface area contributed by atoms with Crippen molar-refractivity contribution in [1.29, 1.82) is 0 Å². The third kappa shape index (κ3) is 3.18. The summed E-state index contributed by atoms with van der Waals surface area (Å²) in [5, 5.41) is 22.2. The first-order chi connectivity index (χ1) is 8.65. The molecular weight excluding hydrogens is 232 g/mol. The molecule has 0 bridgehead atoms. The number of hydrogen-bond donors (Lipinski definition) is 2. The molecule has 18 heavy (non-hydrogen) atoms. The van der Waals surface area contributed by atoms with Gasteiger partial charge in [-0.05, 0) is 30.2 Å². The molecule has 0 spiro atoms. The molecule has 94 valence electrons. The molecule has 0 saturated carbocycles. The SMILES string of the molecule is O=C(O)CC(O)Cc1ccc(-n2cccn2)cc1. The number of aromatic nitrogens is 2. The summed E-state index contributed by atoms with van der Waals surface area (Å²) >= 11 is 0. The molecule has 5 heteroatoms. The quantitative estimate of drug-likeness (QED) is 0.832. The van der Waals surface area contributed by atoms with Gasteiger partial charge in [-0.25, -0.2) is 4.68 Å². The Morgan fingerprint density at radius 3 is 2.61 bits per heavy atom. The molecule has 2 aromatic rings. The number of aliphatic hydroxyl groups excluding tert-OH is 1. The number of carboxylic acids is 1. The Labute approximate surface area is 104 Å². The summed E-state index contributed by atoms with van der Waals surface area (Å²) < 4.78 is 1.73. The van der Waals surface area contributed by atoms with Crippen molar-refractivity contribution >= 4 is 5.97 Å². The van der Waals surface area contributed by atoms with E-state index in [-0.39, 0.29) is 6.42 Å². The maximum Gasteiger partial charge on any atom is 0.305 e. The Morgan fingerprint density at radius 1 is 1.33 bits per heavy atom. The summed E-state index contributed by atoms with van der Waals surface area (Å²) in [7, 11) is 0. The summed E-state index contributed by atoms with van der Waals surface area (Å²) in [5.74, 6) is -0.990. The van der Waals surface area contributed by atoms with Crippen molar-refractivity contribution in [2.45, 2.75) is 18.9 Å². The molecule has 1 aromatic carbocycles. The van der Waals surface area contributed by atoms with Crippen LogP contribution in [0, 0.1) is 0 Å². The van der Waals surface area contributed by atoms with Crippen LogP contribution >= 0.6 is 0 Å². The smallest absolute Gasteiger partial charge is 0.305 e. The van der Waals surface area contributed by atoms with E-state index in [1.165, 1.54) is 0 Å². The van der Waals surface area contributed by atoms with Gasteiger partial charge < -0.3 is 10.2 Å². The van der Waals surface area contributed by atoms with Crippen molar-refractivity contribution in [2.24, 2.45) is 0 Å². The number of rotatable bonds is 5. The second-order valence-corrected chi connectivity index (χ2v) is 4.07. The Balaban J connectivity index is 2.02. The van der Waals surface area contributed by atoms with Crippen molar-refractivity contribution in [1.82, 2.24) is 9.78 Å². The van der Waals surface area contributed by atoms with Crippen LogP contribution in [0.25, 0.3) is 5.69 Å². The first kappa shape index (κ1) is 12.3. The highest BCUT2D eigenvalue weighted by molar-refractivity contribution is 5.67. The van der Waals surface area contributed by atoms with E-state index in [4.69, 9.17) is 5.11 Å². The van der Waals surface area contributed by atoms with E-state index in [0.29, 0.717) is 6.42 Å². The number of aliphatic hydroxyl groups is 1. The molecule has 0 aliphatic rings. The van der Waals surface area contributed by atoms with Crippen LogP contribution in [-0.4, -0.2) is 32.1 Å². The van der Waals surface area contributed by atoms with E-state index in [9.17, 15) is 9.90 Å². The molecule has 1 unspecified atom stereocenters. The maximum absolute atomic E-state index is 10.4. The lowest BCUT2D eigenvalue weighted by Crippen LogP contribution is -2.15. The van der Waals surface area contributed by atoms with Gasteiger partial charge in [0, 0.05) is 12.4 Å². The summed E-state index contributed by atoms with van der Waals surface area (Å²) in [5.41, 5.74) is 1.83. The molecule has 0 aliphatic heterocycles. The van der Waals surface area contributed by atoms with E-state index in [1.807, 2.05) is 36.5 Å². The van der Waals surface area contributed by atoms with Crippen LogP contribution in [0.5, 0.6) is 0 Å². The van der Waals surface area contributed by atoms with E-state index in [1.54, 1.807) is 10.9 Å². The third-order valence-corrected chi connectivity index (χ3v) is 2.59. The first-order valence-electron chi connectivity index (χ1n) is 5.64. The molecule has 0 saturated heterocycles. The summed E-state index contributed by atoms with van der Waals surface area (Å²) in [6, 6.07) is 9.33. The van der Waals surface area contributed by atoms with Gasteiger partial charge in [0.1, 0.15) is 0 Å². The average molecular weight is 246 g/mol. The molecule has 2 rings (SSSR count). The van der Waals surface area contributed by atoms with Crippen LogP contribution in [0.3, 0.4) is 0 Å². The van der Waals surface area contributed by atoms with Gasteiger partial charge in [-0.3, -0.25) is 4.79 Å². The highest BCUT2D eigenvalue weighted by Crippen LogP contribution is 2.11. The standard InChI is InChI=1S/C13H14N2O3/c16-12(9-13(17)18)8-10-2-4-11(5-3-10)15-7-1-6-14-15/h1-7,12,16H,8-9H2,(H,17,18). The minimum atomic E-state index is -0.990. The summed E-state index contributed by atoms with van der Waals surface area (Å²) in [4.78, 5) is 10.4. The second kappa shape index (κ2) is 5.46. The zero-order valence-electron chi connectivity index (χ0n) is 9.73. The van der Waals surface area contributed by atoms with Crippen LogP contribution in [0.1, 0.15) is 12.0 Å². The van der Waals surface area contributed by atoms with Crippen molar-refractivity contribution in [2.75, 3.05) is 0 Å². The molecule has 0 radical (unpaired) electrons. The minimum Gasteiger partial charge on any atom is -0.481 e. The molecule has 0 fully saturated rings. The number of aliphatic carboxylic acids is 1. The van der Waals surface area contributed by atoms with Crippen LogP contribution in [-0.2, 0) is 11.2 Å². The zero-order valence-corrected chi connectivity index (χ0v) is 9.73. The van der Waals surface area contributed by atoms with Crippen molar-refractivity contribution in [3.8, 4) is 5.69 Å². The van der Waals surface area contributed by atoms with Gasteiger partial charge in [-0.1, -0.05) is 12.1 Å². The van der Waals surface area contributed by atoms with Gasteiger partial charge in [0.05, 0.1) is 18.2 Å². The van der Waals surface area contributed by atoms with Gasteiger partial charge in [0.15, 0.2) is 0 Å². The van der Waals surface area contributed by atoms with Gasteiger partial charge in [-0.2, -0.15) is 5.10 Å². The largest absolute Gasteiger partial charge is 0.481 e. The van der Waals surface area contributed by atoms with Crippen molar-refractivity contribution in [3.05, 3.63) is 48.3 Å². The van der Waals surface area contributed by atoms with Crippen LogP contribution in [0.2, 0.25) is 0 Å². The predicted molar refractivity (Wildman–Crippen MR) is 65.5 cm³/mol. The van der Waals surface area contributed by atoms with Gasteiger partial charge in [0.2, 0.25) is 0 Å². The fourth-order valence-corrected chi connectivity index (χ4v) is 1.75. The van der Waals surface area contributed by atoms with Crippen LogP contribution in [0.15, 0.2) is 42.7 Å². The Morgan fingerprint density at radius 2 is 2.06 bits per heavy atom. The Bertz CT molecular complexity index is 506. The fraction of sp³-hybridized carbons (Fsp3) is 0.231. The van der Waals surface area contributed by atoms with Crippen molar-refractivity contribution < 1.29 is 15.0 Å². The molecule has 5 nitrogen and oxygen atoms in total. The highest BCUT2D eigenvalue weighted by Gasteiger charge is 2.10. The molecule has 1 heterocycles. The van der Waals surface area contributed by atoms with E-state index < -0.39 is 12.1 Å². The average Bonchev–Trinajstić information content (AvgIpc) is 2.82. The van der Waals surface area contributed by atoms with Crippen LogP contribution in [0.4, 0.5) is 0 Å². The summed E-state index contributed by atoms with van der Waals surface area (Å²) in [6.45, 7) is 0. The molecule has 0 amide bonds. The van der Waals surface area contributed by atoms with E-state index in [0.717, 1.165) is 11.3 Å². The summed E-state index contributed by atoms with van der Waals surface area (Å²) in [6.07, 6.45) is 2.80. The maximum atomic E-state index is 10.4. The molecule has 2 N–H and O–H groups in total. The van der Waals surface area contributed by atoms with E-state index >= 15 is 0 Å². The van der Waals surface area contributed by atoms with Crippen LogP contribution < -0.4 is 0 Å². The zero-order chi connectivity index (χ0) is 13.0. The number of hydrogen-bond acceptors (Lipinski definition) is 3. The molecule has 0 aliphatic carbocycles. The Kier molecular flexibility index (Phi) is 3.74. The van der Waals surface area contributed by atoms with Gasteiger partial charge in [0.25, 0.3) is 0 Å². The van der Waals surface area contributed by atoms with Gasteiger partial charge >= 0.3 is 5.97 Å². The third-order valence-electron chi connectivity index (χ3n) is 2.59. The topological polar surface area (TPSA) is 75.3 Å². The van der Waals surface area contributed by atoms with Crippen molar-refractivity contribution in [3.63, 3.8) is 0 Å². The van der Waals surface area contributed by atoms with Gasteiger partial charge in [-0.15, -0.1) is 0 Å². The lowest BCUT2D eigenvalue weighted by atomic mass is 10.1. The highest BCUT2D eigenvalue weighted by atomic mass is 16.4. The lowest BCUT2D eigenvalue weighted by Gasteiger charge is -2.08.